The van der Waals surface area contributed by atoms with E-state index in [4.69, 9.17) is 5.11 Å². The summed E-state index contributed by atoms with van der Waals surface area (Å²) >= 11 is 0. The molecule has 94 valence electrons. The van der Waals surface area contributed by atoms with E-state index in [1.807, 2.05) is 30.3 Å². The Hall–Kier alpha value is -1.55. The van der Waals surface area contributed by atoms with Gasteiger partial charge in [-0.1, -0.05) is 18.2 Å². The van der Waals surface area contributed by atoms with Crippen molar-refractivity contribution in [3.8, 4) is 0 Å². The van der Waals surface area contributed by atoms with Crippen LogP contribution in [-0.2, 0) is 9.53 Å². The largest absolute Gasteiger partial charge is 0.469 e. The number of hydrogen-bond acceptors (Lipinski definition) is 4. The van der Waals surface area contributed by atoms with Gasteiger partial charge in [-0.3, -0.25) is 4.79 Å². The number of methoxy groups -OCH3 is 1. The van der Waals surface area contributed by atoms with Crippen LogP contribution in [0.5, 0.6) is 0 Å². The second-order valence-corrected chi connectivity index (χ2v) is 3.73. The molecule has 0 bridgehead atoms. The van der Waals surface area contributed by atoms with Crippen molar-refractivity contribution in [1.82, 2.24) is 0 Å². The zero-order chi connectivity index (χ0) is 12.5. The number of rotatable bonds is 7. The van der Waals surface area contributed by atoms with Gasteiger partial charge in [0.05, 0.1) is 13.7 Å². The van der Waals surface area contributed by atoms with Crippen molar-refractivity contribution in [3.05, 3.63) is 30.3 Å². The number of nitrogens with zero attached hydrogens (tertiary/aromatic N) is 1. The molecule has 1 aromatic carbocycles. The Labute approximate surface area is 102 Å². The average molecular weight is 237 g/mol. The first-order valence-electron chi connectivity index (χ1n) is 5.75. The number of ether oxygens (including phenoxy) is 1. The molecule has 1 rings (SSSR count). The lowest BCUT2D eigenvalue weighted by molar-refractivity contribution is -0.140. The number of anilines is 1. The maximum absolute atomic E-state index is 11.0. The van der Waals surface area contributed by atoms with Crippen molar-refractivity contribution in [2.24, 2.45) is 0 Å². The molecular formula is C13H19NO3. The molecule has 0 aliphatic carbocycles. The number of aliphatic hydroxyl groups is 1. The van der Waals surface area contributed by atoms with Crippen LogP contribution >= 0.6 is 0 Å². The topological polar surface area (TPSA) is 49.8 Å². The summed E-state index contributed by atoms with van der Waals surface area (Å²) in [4.78, 5) is 13.1. The zero-order valence-electron chi connectivity index (χ0n) is 10.1. The van der Waals surface area contributed by atoms with E-state index in [0.717, 1.165) is 18.7 Å². The summed E-state index contributed by atoms with van der Waals surface area (Å²) in [6.07, 6.45) is 1.13. The van der Waals surface area contributed by atoms with Crippen molar-refractivity contribution in [2.75, 3.05) is 31.7 Å². The highest BCUT2D eigenvalue weighted by atomic mass is 16.5. The van der Waals surface area contributed by atoms with Crippen molar-refractivity contribution in [2.45, 2.75) is 12.8 Å². The van der Waals surface area contributed by atoms with E-state index >= 15 is 0 Å². The quantitative estimate of drug-likeness (QED) is 0.729. The van der Waals surface area contributed by atoms with Gasteiger partial charge in [0.1, 0.15) is 0 Å². The molecule has 0 aromatic heterocycles. The Morgan fingerprint density at radius 2 is 2.00 bits per heavy atom. The summed E-state index contributed by atoms with van der Waals surface area (Å²) in [6, 6.07) is 9.86. The number of esters is 1. The number of hydrogen-bond donors (Lipinski definition) is 1. The average Bonchev–Trinajstić information content (AvgIpc) is 2.38. The van der Waals surface area contributed by atoms with E-state index in [9.17, 15) is 4.79 Å². The summed E-state index contributed by atoms with van der Waals surface area (Å²) in [6.45, 7) is 1.41. The minimum Gasteiger partial charge on any atom is -0.469 e. The van der Waals surface area contributed by atoms with E-state index in [-0.39, 0.29) is 12.6 Å². The summed E-state index contributed by atoms with van der Waals surface area (Å²) in [7, 11) is 1.39. The normalized spacial score (nSPS) is 10.0. The highest BCUT2D eigenvalue weighted by Gasteiger charge is 2.06. The van der Waals surface area contributed by atoms with E-state index < -0.39 is 0 Å². The van der Waals surface area contributed by atoms with Crippen LogP contribution < -0.4 is 4.90 Å². The van der Waals surface area contributed by atoms with Crippen molar-refractivity contribution in [3.63, 3.8) is 0 Å². The van der Waals surface area contributed by atoms with Gasteiger partial charge in [0.25, 0.3) is 0 Å². The molecule has 0 amide bonds. The molecule has 4 nitrogen and oxygen atoms in total. The van der Waals surface area contributed by atoms with Gasteiger partial charge in [-0.05, 0) is 18.6 Å². The van der Waals surface area contributed by atoms with Crippen LogP contribution in [0.2, 0.25) is 0 Å². The van der Waals surface area contributed by atoms with Crippen LogP contribution in [0.3, 0.4) is 0 Å². The van der Waals surface area contributed by atoms with E-state index in [2.05, 4.69) is 9.64 Å². The maximum Gasteiger partial charge on any atom is 0.305 e. The molecule has 0 fully saturated rings. The highest BCUT2D eigenvalue weighted by molar-refractivity contribution is 5.69. The van der Waals surface area contributed by atoms with E-state index in [1.54, 1.807) is 0 Å². The van der Waals surface area contributed by atoms with Gasteiger partial charge >= 0.3 is 5.97 Å². The third kappa shape index (κ3) is 4.87. The molecule has 0 saturated carbocycles. The maximum atomic E-state index is 11.0. The van der Waals surface area contributed by atoms with Crippen molar-refractivity contribution in [1.29, 1.82) is 0 Å². The van der Waals surface area contributed by atoms with Crippen LogP contribution in [0.1, 0.15) is 12.8 Å². The smallest absolute Gasteiger partial charge is 0.305 e. The van der Waals surface area contributed by atoms with Crippen molar-refractivity contribution < 1.29 is 14.6 Å². The molecule has 0 unspecified atom stereocenters. The third-order valence-electron chi connectivity index (χ3n) is 2.53. The van der Waals surface area contributed by atoms with Gasteiger partial charge in [-0.25, -0.2) is 0 Å². The number of para-hydroxylation sites is 1. The number of benzene rings is 1. The minimum absolute atomic E-state index is 0.104. The summed E-state index contributed by atoms with van der Waals surface area (Å²) in [5.74, 6) is -0.193. The molecular weight excluding hydrogens is 218 g/mol. The Kier molecular flexibility index (Phi) is 6.10. The molecule has 0 heterocycles. The van der Waals surface area contributed by atoms with Gasteiger partial charge in [0, 0.05) is 25.2 Å². The molecule has 4 heteroatoms. The van der Waals surface area contributed by atoms with Gasteiger partial charge < -0.3 is 14.7 Å². The predicted molar refractivity (Wildman–Crippen MR) is 67.0 cm³/mol. The number of aliphatic hydroxyl groups excluding tert-OH is 1. The molecule has 0 atom stereocenters. The van der Waals surface area contributed by atoms with E-state index in [0.29, 0.717) is 13.0 Å². The molecule has 0 saturated heterocycles. The molecule has 0 aliphatic rings. The lowest BCUT2D eigenvalue weighted by atomic mass is 10.2. The van der Waals surface area contributed by atoms with Crippen molar-refractivity contribution >= 4 is 11.7 Å². The monoisotopic (exact) mass is 237 g/mol. The molecule has 1 N–H and O–H groups in total. The molecule has 1 aromatic rings. The second kappa shape index (κ2) is 7.68. The first-order valence-corrected chi connectivity index (χ1v) is 5.75. The first kappa shape index (κ1) is 13.5. The fourth-order valence-electron chi connectivity index (χ4n) is 1.65. The van der Waals surface area contributed by atoms with Gasteiger partial charge in [-0.2, -0.15) is 0 Å². The Bertz CT molecular complexity index is 327. The standard InChI is InChI=1S/C13H19NO3/c1-17-13(16)8-5-9-14(10-11-15)12-6-3-2-4-7-12/h2-4,6-7,15H,5,8-11H2,1H3. The third-order valence-corrected chi connectivity index (χ3v) is 2.53. The highest BCUT2D eigenvalue weighted by Crippen LogP contribution is 2.13. The predicted octanol–water partition coefficient (Wildman–Crippen LogP) is 1.44. The summed E-state index contributed by atoms with van der Waals surface area (Å²) < 4.78 is 4.59. The van der Waals surface area contributed by atoms with Crippen LogP contribution in [0.15, 0.2) is 30.3 Å². The lowest BCUT2D eigenvalue weighted by Gasteiger charge is -2.23. The summed E-state index contributed by atoms with van der Waals surface area (Å²) in [5, 5.41) is 9.02. The van der Waals surface area contributed by atoms with Gasteiger partial charge in [-0.15, -0.1) is 0 Å². The van der Waals surface area contributed by atoms with Crippen LogP contribution in [0.4, 0.5) is 5.69 Å². The molecule has 0 aliphatic heterocycles. The first-order chi connectivity index (χ1) is 8.27. The lowest BCUT2D eigenvalue weighted by Crippen LogP contribution is -2.28. The van der Waals surface area contributed by atoms with E-state index in [1.165, 1.54) is 7.11 Å². The Balaban J connectivity index is 2.47. The molecule has 0 radical (unpaired) electrons. The SMILES string of the molecule is COC(=O)CCCN(CCO)c1ccccc1. The number of carbonyl (C=O) groups excluding carboxylic acids is 1. The Morgan fingerprint density at radius 1 is 1.29 bits per heavy atom. The Morgan fingerprint density at radius 3 is 2.59 bits per heavy atom. The minimum atomic E-state index is -0.193. The zero-order valence-corrected chi connectivity index (χ0v) is 10.1. The second-order valence-electron chi connectivity index (χ2n) is 3.73. The van der Waals surface area contributed by atoms with Crippen LogP contribution in [0, 0.1) is 0 Å². The van der Waals surface area contributed by atoms with Crippen LogP contribution in [-0.4, -0.2) is 37.9 Å². The molecule has 0 spiro atoms. The number of carbonyl (C=O) groups is 1. The summed E-state index contributed by atoms with van der Waals surface area (Å²) in [5.41, 5.74) is 1.06. The fraction of sp³-hybridized carbons (Fsp3) is 0.462. The molecule has 17 heavy (non-hydrogen) atoms. The van der Waals surface area contributed by atoms with Gasteiger partial charge in [0.15, 0.2) is 0 Å². The van der Waals surface area contributed by atoms with Crippen LogP contribution in [0.25, 0.3) is 0 Å². The fourth-order valence-corrected chi connectivity index (χ4v) is 1.65. The van der Waals surface area contributed by atoms with Gasteiger partial charge in [0.2, 0.25) is 0 Å².